The number of aliphatic imine (C=N–C) groups is 2. The van der Waals surface area contributed by atoms with Crippen LogP contribution >= 0.6 is 0 Å². The van der Waals surface area contributed by atoms with Gasteiger partial charge in [0.2, 0.25) is 5.96 Å². The third kappa shape index (κ3) is 2.61. The predicted molar refractivity (Wildman–Crippen MR) is 100 cm³/mol. The molecule has 0 aliphatic carbocycles. The molecule has 2 heterocycles. The lowest BCUT2D eigenvalue weighted by atomic mass is 10.0. The Bertz CT molecular complexity index is 922. The summed E-state index contributed by atoms with van der Waals surface area (Å²) in [5.41, 5.74) is 6.64. The Morgan fingerprint density at radius 2 is 1.88 bits per heavy atom. The fourth-order valence-electron chi connectivity index (χ4n) is 2.99. The van der Waals surface area contributed by atoms with Gasteiger partial charge in [-0.1, -0.05) is 18.2 Å². The number of carbonyl (C=O) groups excluding carboxylic acids is 1. The van der Waals surface area contributed by atoms with Crippen LogP contribution in [0, 0.1) is 0 Å². The zero-order chi connectivity index (χ0) is 18.1. The van der Waals surface area contributed by atoms with Crippen molar-refractivity contribution < 1.29 is 9.53 Å². The van der Waals surface area contributed by atoms with E-state index >= 15 is 0 Å². The Kier molecular flexibility index (Phi) is 3.72. The maximum atomic E-state index is 12.6. The van der Waals surface area contributed by atoms with Gasteiger partial charge in [0, 0.05) is 16.9 Å². The van der Waals surface area contributed by atoms with Crippen LogP contribution in [-0.4, -0.2) is 24.4 Å². The molecule has 0 unspecified atom stereocenters. The van der Waals surface area contributed by atoms with Crippen molar-refractivity contribution in [1.29, 1.82) is 0 Å². The first-order chi connectivity index (χ1) is 12.6. The maximum absolute atomic E-state index is 12.6. The molecular weight excluding hydrogens is 332 g/mol. The molecule has 5 N–H and O–H groups in total. The molecule has 8 nitrogen and oxygen atoms in total. The second-order valence-corrected chi connectivity index (χ2v) is 5.84. The van der Waals surface area contributed by atoms with Crippen LogP contribution in [0.1, 0.15) is 12.5 Å². The van der Waals surface area contributed by atoms with Gasteiger partial charge in [0.1, 0.15) is 5.75 Å². The minimum Gasteiger partial charge on any atom is -0.494 e. The van der Waals surface area contributed by atoms with E-state index < -0.39 is 5.66 Å². The van der Waals surface area contributed by atoms with Gasteiger partial charge in [-0.2, -0.15) is 0 Å². The van der Waals surface area contributed by atoms with Crippen molar-refractivity contribution in [3.05, 3.63) is 54.1 Å². The highest BCUT2D eigenvalue weighted by atomic mass is 16.5. The first kappa shape index (κ1) is 15.9. The molecule has 2 aromatic rings. The number of carbonyl (C=O) groups is 1. The number of hydrogen-bond donors (Lipinski definition) is 4. The molecule has 1 amide bonds. The van der Waals surface area contributed by atoms with E-state index in [9.17, 15) is 4.79 Å². The first-order valence-electron chi connectivity index (χ1n) is 8.24. The number of fused-ring (bicyclic) bond motifs is 2. The minimum atomic E-state index is -1.42. The van der Waals surface area contributed by atoms with E-state index in [1.54, 1.807) is 0 Å². The molecule has 0 radical (unpaired) electrons. The summed E-state index contributed by atoms with van der Waals surface area (Å²) in [6, 6.07) is 14.7. The van der Waals surface area contributed by atoms with Gasteiger partial charge in [0.25, 0.3) is 11.6 Å². The van der Waals surface area contributed by atoms with Crippen LogP contribution < -0.4 is 26.4 Å². The number of benzene rings is 2. The third-order valence-corrected chi connectivity index (χ3v) is 4.10. The largest absolute Gasteiger partial charge is 0.494 e. The first-order valence-corrected chi connectivity index (χ1v) is 8.24. The average Bonchev–Trinajstić information content (AvgIpc) is 2.88. The van der Waals surface area contributed by atoms with Crippen LogP contribution in [-0.2, 0) is 10.5 Å². The monoisotopic (exact) mass is 350 g/mol. The number of nitrogens with two attached hydrogens (primary N) is 1. The van der Waals surface area contributed by atoms with Crippen LogP contribution in [0.4, 0.5) is 11.4 Å². The summed E-state index contributed by atoms with van der Waals surface area (Å²) in [5.74, 6) is 0.890. The van der Waals surface area contributed by atoms with E-state index in [1.165, 1.54) is 0 Å². The zero-order valence-electron chi connectivity index (χ0n) is 14.1. The third-order valence-electron chi connectivity index (χ3n) is 4.10. The van der Waals surface area contributed by atoms with Gasteiger partial charge in [-0.25, -0.2) is 9.98 Å². The van der Waals surface area contributed by atoms with Gasteiger partial charge in [-0.3, -0.25) is 10.1 Å². The number of para-hydroxylation sites is 1. The summed E-state index contributed by atoms with van der Waals surface area (Å²) in [4.78, 5) is 21.4. The van der Waals surface area contributed by atoms with Crippen molar-refractivity contribution in [2.24, 2.45) is 15.7 Å². The topological polar surface area (TPSA) is 113 Å². The molecule has 4 rings (SSSR count). The van der Waals surface area contributed by atoms with E-state index in [2.05, 4.69) is 25.9 Å². The molecule has 0 bridgehead atoms. The molecule has 8 heteroatoms. The van der Waals surface area contributed by atoms with Gasteiger partial charge in [0.15, 0.2) is 5.96 Å². The van der Waals surface area contributed by atoms with E-state index in [4.69, 9.17) is 10.5 Å². The molecule has 2 aliphatic rings. The molecular formula is C18H18N6O2. The number of nitrogens with zero attached hydrogens (tertiary/aromatic N) is 2. The molecule has 0 saturated heterocycles. The molecule has 1 atom stereocenters. The Morgan fingerprint density at radius 1 is 1.12 bits per heavy atom. The van der Waals surface area contributed by atoms with Gasteiger partial charge in [-0.15, -0.1) is 0 Å². The Labute approximate surface area is 150 Å². The number of amides is 1. The standard InChI is InChI=1S/C18H18N6O2/c1-2-26-12-9-7-11(8-10-12)20-17-22-16(19)23-18(24-17)13-5-3-4-6-14(13)21-15(18)25/h3-10H,2H2,1H3,(H,21,25)(H4,19,20,22,23,24)/t18-/m1/s1. The number of nitrogens with one attached hydrogen (secondary N) is 3. The van der Waals surface area contributed by atoms with E-state index in [1.807, 2.05) is 55.5 Å². The van der Waals surface area contributed by atoms with Crippen molar-refractivity contribution in [2.45, 2.75) is 12.6 Å². The number of rotatable bonds is 3. The highest BCUT2D eigenvalue weighted by Crippen LogP contribution is 2.40. The lowest BCUT2D eigenvalue weighted by Crippen LogP contribution is -2.49. The average molecular weight is 350 g/mol. The van der Waals surface area contributed by atoms with Crippen LogP contribution in [0.3, 0.4) is 0 Å². The van der Waals surface area contributed by atoms with Gasteiger partial charge < -0.3 is 21.1 Å². The highest BCUT2D eigenvalue weighted by Gasteiger charge is 2.49. The maximum Gasteiger partial charge on any atom is 0.280 e. The van der Waals surface area contributed by atoms with Crippen LogP contribution in [0.15, 0.2) is 58.5 Å². The van der Waals surface area contributed by atoms with Crippen molar-refractivity contribution in [3.8, 4) is 5.75 Å². The molecule has 0 fully saturated rings. The molecule has 1 spiro atoms. The normalized spacial score (nSPS) is 20.6. The van der Waals surface area contributed by atoms with Crippen molar-refractivity contribution in [1.82, 2.24) is 5.32 Å². The minimum absolute atomic E-state index is 0.111. The number of guanidine groups is 2. The SMILES string of the molecule is CCOc1ccc(NC2=N[C@@]3(N=C(N)N2)C(=O)Nc2ccccc23)cc1. The quantitative estimate of drug-likeness (QED) is 0.671. The number of anilines is 2. The van der Waals surface area contributed by atoms with Gasteiger partial charge in [-0.05, 0) is 37.3 Å². The van der Waals surface area contributed by atoms with Crippen LogP contribution in [0.2, 0.25) is 0 Å². The Balaban J connectivity index is 1.67. The number of ether oxygens (including phenoxy) is 1. The van der Waals surface area contributed by atoms with E-state index in [0.29, 0.717) is 23.8 Å². The van der Waals surface area contributed by atoms with Crippen LogP contribution in [0.5, 0.6) is 5.75 Å². The zero-order valence-corrected chi connectivity index (χ0v) is 14.1. The summed E-state index contributed by atoms with van der Waals surface area (Å²) in [5, 5.41) is 8.79. The fourth-order valence-corrected chi connectivity index (χ4v) is 2.99. The van der Waals surface area contributed by atoms with Crippen molar-refractivity contribution in [2.75, 3.05) is 17.2 Å². The van der Waals surface area contributed by atoms with E-state index in [-0.39, 0.29) is 11.9 Å². The molecule has 26 heavy (non-hydrogen) atoms. The van der Waals surface area contributed by atoms with Crippen molar-refractivity contribution >= 4 is 29.2 Å². The second-order valence-electron chi connectivity index (χ2n) is 5.84. The highest BCUT2D eigenvalue weighted by molar-refractivity contribution is 6.13. The molecule has 2 aromatic carbocycles. The Hall–Kier alpha value is -3.55. The molecule has 132 valence electrons. The molecule has 0 aromatic heterocycles. The lowest BCUT2D eigenvalue weighted by molar-refractivity contribution is -0.120. The van der Waals surface area contributed by atoms with E-state index in [0.717, 1.165) is 11.4 Å². The summed E-state index contributed by atoms with van der Waals surface area (Å²) in [6.07, 6.45) is 0. The summed E-state index contributed by atoms with van der Waals surface area (Å²) in [6.45, 7) is 2.53. The van der Waals surface area contributed by atoms with Gasteiger partial charge >= 0.3 is 0 Å². The summed E-state index contributed by atoms with van der Waals surface area (Å²) >= 11 is 0. The fraction of sp³-hybridized carbons (Fsp3) is 0.167. The van der Waals surface area contributed by atoms with Crippen LogP contribution in [0.25, 0.3) is 0 Å². The summed E-state index contributed by atoms with van der Waals surface area (Å²) in [7, 11) is 0. The lowest BCUT2D eigenvalue weighted by Gasteiger charge is -2.26. The van der Waals surface area contributed by atoms with Gasteiger partial charge in [0.05, 0.1) is 6.61 Å². The molecule has 0 saturated carbocycles. The van der Waals surface area contributed by atoms with Crippen molar-refractivity contribution in [3.63, 3.8) is 0 Å². The molecule has 2 aliphatic heterocycles. The number of hydrogen-bond acceptors (Lipinski definition) is 7. The summed E-state index contributed by atoms with van der Waals surface area (Å²) < 4.78 is 5.43. The predicted octanol–water partition coefficient (Wildman–Crippen LogP) is 1.58. The Morgan fingerprint density at radius 3 is 2.65 bits per heavy atom. The second kappa shape index (κ2) is 6.07. The smallest absolute Gasteiger partial charge is 0.280 e.